The molecule has 3 saturated carbocycles. The van der Waals surface area contributed by atoms with Gasteiger partial charge in [-0.2, -0.15) is 0 Å². The van der Waals surface area contributed by atoms with Crippen LogP contribution in [0.15, 0.2) is 36.8 Å². The highest BCUT2D eigenvalue weighted by Crippen LogP contribution is 2.42. The number of hydrogen-bond acceptors (Lipinski definition) is 7. The second kappa shape index (κ2) is 11.2. The van der Waals surface area contributed by atoms with Crippen molar-refractivity contribution in [3.63, 3.8) is 0 Å². The van der Waals surface area contributed by atoms with E-state index >= 15 is 0 Å². The molecule has 3 aliphatic rings. The predicted molar refractivity (Wildman–Crippen MR) is 170 cm³/mol. The number of anilines is 1. The summed E-state index contributed by atoms with van der Waals surface area (Å²) in [6, 6.07) is 8.84. The molecule has 4 aromatic rings. The topological polar surface area (TPSA) is 129 Å². The Hall–Kier alpha value is -3.01. The molecule has 0 amide bonds. The zero-order valence-corrected chi connectivity index (χ0v) is 25.8. The van der Waals surface area contributed by atoms with Crippen LogP contribution in [0.4, 0.5) is 5.82 Å². The number of benzene rings is 1. The molecule has 0 aliphatic heterocycles. The molecule has 3 heterocycles. The van der Waals surface area contributed by atoms with Gasteiger partial charge in [0.25, 0.3) is 0 Å². The van der Waals surface area contributed by atoms with E-state index in [1.165, 1.54) is 44.0 Å². The summed E-state index contributed by atoms with van der Waals surface area (Å²) in [5.41, 5.74) is 10.4. The minimum absolute atomic E-state index is 0.0179. The van der Waals surface area contributed by atoms with Gasteiger partial charge in [0.2, 0.25) is 0 Å². The fourth-order valence-electron chi connectivity index (χ4n) is 7.72. The fraction of sp³-hybridized carbons (Fsp3) is 0.618. The summed E-state index contributed by atoms with van der Waals surface area (Å²) < 4.78 is 1.99. The van der Waals surface area contributed by atoms with E-state index in [1.807, 2.05) is 16.8 Å². The number of hydrogen-bond donors (Lipinski definition) is 4. The Balaban J connectivity index is 0.980. The molecule has 3 aliphatic carbocycles. The molecule has 0 bridgehead atoms. The van der Waals surface area contributed by atoms with Crippen LogP contribution in [0.25, 0.3) is 22.1 Å². The molecule has 3 aromatic heterocycles. The first-order valence-corrected chi connectivity index (χ1v) is 16.3. The van der Waals surface area contributed by atoms with Gasteiger partial charge in [-0.25, -0.2) is 15.0 Å². The van der Waals surface area contributed by atoms with Gasteiger partial charge in [0.05, 0.1) is 28.6 Å². The van der Waals surface area contributed by atoms with E-state index in [2.05, 4.69) is 58.8 Å². The molecule has 4 atom stereocenters. The Labute approximate surface area is 253 Å². The highest BCUT2D eigenvalue weighted by molar-refractivity contribution is 5.86. The Kier molecular flexibility index (Phi) is 7.46. The molecule has 4 unspecified atom stereocenters. The largest absolute Gasteiger partial charge is 0.390 e. The number of aliphatic hydroxyl groups is 2. The van der Waals surface area contributed by atoms with Crippen molar-refractivity contribution >= 4 is 27.9 Å². The van der Waals surface area contributed by atoms with Crippen LogP contribution < -0.4 is 5.73 Å². The van der Waals surface area contributed by atoms with Crippen molar-refractivity contribution in [3.05, 3.63) is 48.2 Å². The summed E-state index contributed by atoms with van der Waals surface area (Å²) >= 11 is 0. The van der Waals surface area contributed by atoms with E-state index in [1.54, 1.807) is 0 Å². The second-order valence-corrected chi connectivity index (χ2v) is 14.7. The number of aliphatic hydroxyl groups excluding tert-OH is 2. The van der Waals surface area contributed by atoms with E-state index in [0.717, 1.165) is 66.2 Å². The van der Waals surface area contributed by atoms with Crippen LogP contribution >= 0.6 is 0 Å². The van der Waals surface area contributed by atoms with Gasteiger partial charge < -0.3 is 25.5 Å². The van der Waals surface area contributed by atoms with Crippen molar-refractivity contribution in [2.45, 2.75) is 102 Å². The molecule has 1 aromatic carbocycles. The summed E-state index contributed by atoms with van der Waals surface area (Å²) in [6.07, 6.45) is 11.0. The van der Waals surface area contributed by atoms with Crippen LogP contribution in [0, 0.1) is 17.8 Å². The average Bonchev–Trinajstić information content (AvgIpc) is 3.61. The van der Waals surface area contributed by atoms with Gasteiger partial charge in [-0.05, 0) is 79.5 Å². The van der Waals surface area contributed by atoms with Gasteiger partial charge in [0.1, 0.15) is 29.7 Å². The van der Waals surface area contributed by atoms with E-state index in [0.29, 0.717) is 17.8 Å². The van der Waals surface area contributed by atoms with Crippen LogP contribution in [0.2, 0.25) is 0 Å². The van der Waals surface area contributed by atoms with Gasteiger partial charge >= 0.3 is 0 Å². The highest BCUT2D eigenvalue weighted by atomic mass is 16.3. The van der Waals surface area contributed by atoms with Gasteiger partial charge in [0.15, 0.2) is 0 Å². The summed E-state index contributed by atoms with van der Waals surface area (Å²) in [7, 11) is 0. The van der Waals surface area contributed by atoms with Crippen molar-refractivity contribution in [1.82, 2.24) is 29.4 Å². The van der Waals surface area contributed by atoms with E-state index in [-0.39, 0.29) is 17.4 Å². The maximum absolute atomic E-state index is 11.2. The van der Waals surface area contributed by atoms with E-state index in [9.17, 15) is 10.2 Å². The number of aromatic amines is 1. The first-order valence-electron chi connectivity index (χ1n) is 16.3. The van der Waals surface area contributed by atoms with Crippen molar-refractivity contribution in [1.29, 1.82) is 0 Å². The molecule has 3 fully saturated rings. The van der Waals surface area contributed by atoms with Crippen molar-refractivity contribution < 1.29 is 10.2 Å². The monoisotopic (exact) mass is 585 g/mol. The van der Waals surface area contributed by atoms with Crippen LogP contribution in [0.1, 0.15) is 83.1 Å². The number of nitrogens with zero attached hydrogens (tertiary/aromatic N) is 5. The third kappa shape index (κ3) is 5.56. The Morgan fingerprint density at radius 3 is 2.58 bits per heavy atom. The molecule has 230 valence electrons. The number of imidazole rings is 1. The zero-order chi connectivity index (χ0) is 29.9. The van der Waals surface area contributed by atoms with Crippen molar-refractivity contribution in [2.75, 3.05) is 18.8 Å². The summed E-state index contributed by atoms with van der Waals surface area (Å²) in [5, 5.41) is 23.1. The second-order valence-electron chi connectivity index (χ2n) is 14.7. The van der Waals surface area contributed by atoms with E-state index in [4.69, 9.17) is 10.7 Å². The number of nitrogens with two attached hydrogens (primary N) is 1. The molecular formula is C34H47N7O2. The Morgan fingerprint density at radius 2 is 1.84 bits per heavy atom. The maximum Gasteiger partial charge on any atom is 0.145 e. The Bertz CT molecular complexity index is 1580. The number of aryl methyl sites for hydroxylation is 1. The van der Waals surface area contributed by atoms with Gasteiger partial charge in [0, 0.05) is 37.7 Å². The van der Waals surface area contributed by atoms with E-state index < -0.39 is 12.2 Å². The van der Waals surface area contributed by atoms with Crippen molar-refractivity contribution in [3.8, 4) is 0 Å². The highest BCUT2D eigenvalue weighted by Gasteiger charge is 2.45. The number of rotatable bonds is 9. The number of fused-ring (bicyclic) bond motifs is 2. The third-order valence-electron chi connectivity index (χ3n) is 10.8. The first-order chi connectivity index (χ1) is 20.6. The predicted octanol–water partition coefficient (Wildman–Crippen LogP) is 4.98. The molecule has 7 rings (SSSR count). The molecule has 0 radical (unpaired) electrons. The standard InChI is InChI=1S/C34H47N7O2/c1-34(2,3)23-8-9-26-27(16-23)39-29(38-26)10-7-21-13-24(14-21)40(17-20-5-4-6-20)18-22-15-28(31(43)30(22)42)41-12-11-25-32(35)36-19-37-33(25)41/h8-9,11-12,16,19-22,24,28,30-31,42-43H,4-7,10,13-15,17-18H2,1-3H3,(H,38,39)(H2,35,36,37). The van der Waals surface area contributed by atoms with Crippen LogP contribution in [0.3, 0.4) is 0 Å². The normalized spacial score (nSPS) is 28.1. The summed E-state index contributed by atoms with van der Waals surface area (Å²) in [4.78, 5) is 19.7. The van der Waals surface area contributed by atoms with Crippen LogP contribution in [-0.2, 0) is 11.8 Å². The lowest BCUT2D eigenvalue weighted by Crippen LogP contribution is -2.50. The Morgan fingerprint density at radius 1 is 1.02 bits per heavy atom. The van der Waals surface area contributed by atoms with Crippen molar-refractivity contribution in [2.24, 2.45) is 17.8 Å². The smallest absolute Gasteiger partial charge is 0.145 e. The molecule has 0 spiro atoms. The lowest BCUT2D eigenvalue weighted by Gasteiger charge is -2.46. The molecule has 5 N–H and O–H groups in total. The minimum Gasteiger partial charge on any atom is -0.390 e. The number of nitrogen functional groups attached to an aromatic ring is 1. The summed E-state index contributed by atoms with van der Waals surface area (Å²) in [5.74, 6) is 3.02. The van der Waals surface area contributed by atoms with Crippen LogP contribution in [-0.4, -0.2) is 71.0 Å². The first kappa shape index (κ1) is 28.7. The average molecular weight is 586 g/mol. The van der Waals surface area contributed by atoms with Crippen LogP contribution in [0.5, 0.6) is 0 Å². The fourth-order valence-corrected chi connectivity index (χ4v) is 7.72. The maximum atomic E-state index is 11.2. The number of aromatic nitrogens is 5. The lowest BCUT2D eigenvalue weighted by atomic mass is 9.75. The lowest BCUT2D eigenvalue weighted by molar-refractivity contribution is -0.0169. The van der Waals surface area contributed by atoms with Gasteiger partial charge in [-0.1, -0.05) is 33.3 Å². The minimum atomic E-state index is -0.834. The zero-order valence-electron chi connectivity index (χ0n) is 25.8. The number of nitrogens with one attached hydrogen (secondary N) is 1. The molecule has 0 saturated heterocycles. The number of H-pyrrole nitrogens is 1. The molecule has 9 heteroatoms. The SMILES string of the molecule is CC(C)(C)c1ccc2nc(CCC3CC(N(CC4CCC4)CC4CC(n5ccc6c(N)ncnc65)C(O)C4O)C3)[nH]c2c1. The third-order valence-corrected chi connectivity index (χ3v) is 10.8. The molecular weight excluding hydrogens is 538 g/mol. The summed E-state index contributed by atoms with van der Waals surface area (Å²) in [6.45, 7) is 8.68. The molecule has 43 heavy (non-hydrogen) atoms. The quantitative estimate of drug-likeness (QED) is 0.218. The molecule has 9 nitrogen and oxygen atoms in total. The van der Waals surface area contributed by atoms with Gasteiger partial charge in [-0.15, -0.1) is 0 Å². The van der Waals surface area contributed by atoms with Gasteiger partial charge in [-0.3, -0.25) is 4.90 Å².